The molecule has 0 radical (unpaired) electrons. The fourth-order valence-electron chi connectivity index (χ4n) is 1.12. The Balaban J connectivity index is 2.43. The third-order valence-electron chi connectivity index (χ3n) is 2.06. The van der Waals surface area contributed by atoms with Gasteiger partial charge >= 0.3 is 0 Å². The van der Waals surface area contributed by atoms with Crippen LogP contribution in [0.3, 0.4) is 0 Å². The fourth-order valence-corrected chi connectivity index (χ4v) is 1.24. The van der Waals surface area contributed by atoms with Crippen molar-refractivity contribution in [1.29, 1.82) is 0 Å². The van der Waals surface area contributed by atoms with Crippen molar-refractivity contribution in [2.24, 2.45) is 0 Å². The van der Waals surface area contributed by atoms with Gasteiger partial charge in [0.1, 0.15) is 0 Å². The first kappa shape index (κ1) is 12.8. The number of unbranched alkanes of at least 4 members (excludes halogenated alkanes) is 1. The zero-order chi connectivity index (χ0) is 11.8. The molecular formula is C13H15ClO2. The van der Waals surface area contributed by atoms with Crippen LogP contribution in [0.25, 0.3) is 0 Å². The highest BCUT2D eigenvalue weighted by molar-refractivity contribution is 6.30. The van der Waals surface area contributed by atoms with Gasteiger partial charge in [-0.05, 0) is 30.7 Å². The average Bonchev–Trinajstić information content (AvgIpc) is 2.29. The maximum absolute atomic E-state index is 11.6. The standard InChI is InChI=1S/C13H15ClO2/c1-2-3-9-16-10-8-13(15)11-4-6-12(14)7-5-11/h4-8,10H,2-3,9H2,1H3/b10-8+. The van der Waals surface area contributed by atoms with Gasteiger partial charge in [0, 0.05) is 16.7 Å². The molecule has 0 heterocycles. The van der Waals surface area contributed by atoms with Crippen LogP contribution in [0.1, 0.15) is 30.1 Å². The molecule has 86 valence electrons. The second kappa shape index (κ2) is 7.07. The van der Waals surface area contributed by atoms with Gasteiger partial charge < -0.3 is 4.74 Å². The number of carbonyl (C=O) groups excluding carboxylic acids is 1. The normalized spacial score (nSPS) is 10.6. The van der Waals surface area contributed by atoms with E-state index in [2.05, 4.69) is 6.92 Å². The molecule has 1 aromatic carbocycles. The lowest BCUT2D eigenvalue weighted by molar-refractivity contribution is 0.104. The molecule has 2 nitrogen and oxygen atoms in total. The van der Waals surface area contributed by atoms with Crippen LogP contribution in [0, 0.1) is 0 Å². The Kier molecular flexibility index (Phi) is 5.65. The lowest BCUT2D eigenvalue weighted by atomic mass is 10.1. The number of benzene rings is 1. The number of hydrogen-bond acceptors (Lipinski definition) is 2. The Bertz CT molecular complexity index is 355. The molecule has 3 heteroatoms. The molecule has 0 atom stereocenters. The van der Waals surface area contributed by atoms with Crippen molar-refractivity contribution in [2.45, 2.75) is 19.8 Å². The predicted molar refractivity (Wildman–Crippen MR) is 65.8 cm³/mol. The van der Waals surface area contributed by atoms with Gasteiger partial charge in [-0.3, -0.25) is 4.79 Å². The Morgan fingerprint density at radius 2 is 2.06 bits per heavy atom. The zero-order valence-electron chi connectivity index (χ0n) is 9.28. The van der Waals surface area contributed by atoms with Crippen LogP contribution in [0.5, 0.6) is 0 Å². The topological polar surface area (TPSA) is 26.3 Å². The predicted octanol–water partition coefficient (Wildman–Crippen LogP) is 3.85. The zero-order valence-corrected chi connectivity index (χ0v) is 10.0. The number of ketones is 1. The molecule has 0 unspecified atom stereocenters. The van der Waals surface area contributed by atoms with Crippen molar-refractivity contribution in [3.8, 4) is 0 Å². The molecule has 0 aliphatic heterocycles. The Hall–Kier alpha value is -1.28. The van der Waals surface area contributed by atoms with Crippen LogP contribution in [-0.4, -0.2) is 12.4 Å². The molecule has 0 fully saturated rings. The third-order valence-corrected chi connectivity index (χ3v) is 2.31. The summed E-state index contributed by atoms with van der Waals surface area (Å²) in [5.74, 6) is -0.0758. The molecule has 1 rings (SSSR count). The van der Waals surface area contributed by atoms with E-state index in [-0.39, 0.29) is 5.78 Å². The molecule has 16 heavy (non-hydrogen) atoms. The van der Waals surface area contributed by atoms with Crippen LogP contribution >= 0.6 is 11.6 Å². The van der Waals surface area contributed by atoms with Gasteiger partial charge in [-0.25, -0.2) is 0 Å². The molecule has 0 spiro atoms. The largest absolute Gasteiger partial charge is 0.501 e. The average molecular weight is 239 g/mol. The van der Waals surface area contributed by atoms with Crippen molar-refractivity contribution >= 4 is 17.4 Å². The summed E-state index contributed by atoms with van der Waals surface area (Å²) in [6, 6.07) is 6.78. The molecule has 0 aliphatic rings. The molecule has 0 amide bonds. The first-order chi connectivity index (χ1) is 7.74. The molecule has 0 bridgehead atoms. The Morgan fingerprint density at radius 1 is 1.38 bits per heavy atom. The minimum Gasteiger partial charge on any atom is -0.501 e. The van der Waals surface area contributed by atoms with Crippen LogP contribution in [-0.2, 0) is 4.74 Å². The van der Waals surface area contributed by atoms with Crippen LogP contribution in [0.15, 0.2) is 36.6 Å². The summed E-state index contributed by atoms with van der Waals surface area (Å²) in [4.78, 5) is 11.6. The second-order valence-corrected chi connectivity index (χ2v) is 3.83. The lowest BCUT2D eigenvalue weighted by Crippen LogP contribution is -1.94. The van der Waals surface area contributed by atoms with E-state index >= 15 is 0 Å². The quantitative estimate of drug-likeness (QED) is 0.326. The molecule has 0 aromatic heterocycles. The highest BCUT2D eigenvalue weighted by Gasteiger charge is 2.00. The second-order valence-electron chi connectivity index (χ2n) is 3.40. The summed E-state index contributed by atoms with van der Waals surface area (Å²) in [6.45, 7) is 2.74. The van der Waals surface area contributed by atoms with Crippen molar-refractivity contribution in [3.05, 3.63) is 47.2 Å². The molecule has 0 saturated heterocycles. The Labute approximate surface area is 101 Å². The lowest BCUT2D eigenvalue weighted by Gasteiger charge is -1.98. The van der Waals surface area contributed by atoms with Crippen molar-refractivity contribution in [3.63, 3.8) is 0 Å². The van der Waals surface area contributed by atoms with Crippen molar-refractivity contribution < 1.29 is 9.53 Å². The highest BCUT2D eigenvalue weighted by atomic mass is 35.5. The van der Waals surface area contributed by atoms with Gasteiger partial charge in [0.2, 0.25) is 0 Å². The number of carbonyl (C=O) groups is 1. The number of ether oxygens (including phenoxy) is 1. The summed E-state index contributed by atoms with van der Waals surface area (Å²) >= 11 is 5.72. The van der Waals surface area contributed by atoms with E-state index < -0.39 is 0 Å². The Morgan fingerprint density at radius 3 is 2.69 bits per heavy atom. The summed E-state index contributed by atoms with van der Waals surface area (Å²) in [5, 5.41) is 0.625. The first-order valence-electron chi connectivity index (χ1n) is 5.32. The molecule has 0 N–H and O–H groups in total. The van der Waals surface area contributed by atoms with Crippen LogP contribution < -0.4 is 0 Å². The van der Waals surface area contributed by atoms with Gasteiger partial charge in [0.15, 0.2) is 5.78 Å². The molecule has 1 aromatic rings. The summed E-state index contributed by atoms with van der Waals surface area (Å²) in [5.41, 5.74) is 0.611. The van der Waals surface area contributed by atoms with Gasteiger partial charge in [-0.2, -0.15) is 0 Å². The van der Waals surface area contributed by atoms with E-state index in [1.54, 1.807) is 24.3 Å². The summed E-state index contributed by atoms with van der Waals surface area (Å²) in [6.07, 6.45) is 4.96. The van der Waals surface area contributed by atoms with Crippen LogP contribution in [0.2, 0.25) is 5.02 Å². The van der Waals surface area contributed by atoms with Crippen LogP contribution in [0.4, 0.5) is 0 Å². The first-order valence-corrected chi connectivity index (χ1v) is 5.70. The minimum atomic E-state index is -0.0758. The van der Waals surface area contributed by atoms with E-state index in [4.69, 9.17) is 16.3 Å². The van der Waals surface area contributed by atoms with E-state index in [9.17, 15) is 4.79 Å². The summed E-state index contributed by atoms with van der Waals surface area (Å²) in [7, 11) is 0. The fraction of sp³-hybridized carbons (Fsp3) is 0.308. The van der Waals surface area contributed by atoms with Gasteiger partial charge in [-0.15, -0.1) is 0 Å². The molecular weight excluding hydrogens is 224 g/mol. The highest BCUT2D eigenvalue weighted by Crippen LogP contribution is 2.10. The molecule has 0 saturated carbocycles. The number of hydrogen-bond donors (Lipinski definition) is 0. The number of rotatable bonds is 6. The number of allylic oxidation sites excluding steroid dienone is 1. The minimum absolute atomic E-state index is 0.0758. The third kappa shape index (κ3) is 4.49. The summed E-state index contributed by atoms with van der Waals surface area (Å²) < 4.78 is 5.16. The maximum Gasteiger partial charge on any atom is 0.188 e. The monoisotopic (exact) mass is 238 g/mol. The van der Waals surface area contributed by atoms with E-state index in [1.165, 1.54) is 12.3 Å². The van der Waals surface area contributed by atoms with Gasteiger partial charge in [0.05, 0.1) is 12.9 Å². The smallest absolute Gasteiger partial charge is 0.188 e. The van der Waals surface area contributed by atoms with E-state index in [0.717, 1.165) is 12.8 Å². The van der Waals surface area contributed by atoms with Gasteiger partial charge in [0.25, 0.3) is 0 Å². The SMILES string of the molecule is CCCCO/C=C/C(=O)c1ccc(Cl)cc1. The van der Waals surface area contributed by atoms with E-state index in [1.807, 2.05) is 0 Å². The van der Waals surface area contributed by atoms with Crippen molar-refractivity contribution in [2.75, 3.05) is 6.61 Å². The van der Waals surface area contributed by atoms with E-state index in [0.29, 0.717) is 17.2 Å². The van der Waals surface area contributed by atoms with Crippen molar-refractivity contribution in [1.82, 2.24) is 0 Å². The maximum atomic E-state index is 11.6. The number of halogens is 1. The van der Waals surface area contributed by atoms with Gasteiger partial charge in [-0.1, -0.05) is 24.9 Å². The molecule has 0 aliphatic carbocycles.